The number of rotatable bonds is 5. The first-order chi connectivity index (χ1) is 16.5. The Morgan fingerprint density at radius 2 is 1.74 bits per heavy atom. The summed E-state index contributed by atoms with van der Waals surface area (Å²) in [5.74, 6) is 0.845. The van der Waals surface area contributed by atoms with E-state index in [4.69, 9.17) is 4.74 Å². The fraction of sp³-hybridized carbons (Fsp3) is 0.586. The lowest BCUT2D eigenvalue weighted by Crippen LogP contribution is -2.60. The van der Waals surface area contributed by atoms with Gasteiger partial charge in [0.25, 0.3) is 0 Å². The second kappa shape index (κ2) is 10.9. The predicted octanol–water partition coefficient (Wildman–Crippen LogP) is 6.59. The zero-order valence-corrected chi connectivity index (χ0v) is 23.9. The van der Waals surface area contributed by atoms with Crippen molar-refractivity contribution in [2.45, 2.75) is 85.1 Å². The van der Waals surface area contributed by atoms with Crippen molar-refractivity contribution in [1.29, 1.82) is 0 Å². The number of anilines is 1. The van der Waals surface area contributed by atoms with E-state index in [0.717, 1.165) is 49.4 Å². The van der Waals surface area contributed by atoms with E-state index in [1.807, 2.05) is 27.0 Å². The van der Waals surface area contributed by atoms with Crippen LogP contribution < -0.4 is 4.90 Å². The summed E-state index contributed by atoms with van der Waals surface area (Å²) in [6.45, 7) is 22.9. The fourth-order valence-electron chi connectivity index (χ4n) is 4.88. The minimum absolute atomic E-state index is 0.0795. The monoisotopic (exact) mass is 497 g/mol. The number of benzene rings is 1. The highest BCUT2D eigenvalue weighted by Crippen LogP contribution is 2.41. The quantitative estimate of drug-likeness (QED) is 0.464. The van der Waals surface area contributed by atoms with Crippen LogP contribution in [-0.4, -0.2) is 57.6 Å². The number of nitrogens with zero attached hydrogens (tertiary/aromatic N) is 3. The van der Waals surface area contributed by atoms with E-state index in [1.165, 1.54) is 28.4 Å². The Morgan fingerprint density at radius 1 is 1.03 bits per heavy atom. The summed E-state index contributed by atoms with van der Waals surface area (Å²) in [5, 5.41) is 1.44. The molecule has 1 fully saturated rings. The molecule has 1 atom stereocenters. The molecule has 1 aromatic heterocycles. The van der Waals surface area contributed by atoms with Crippen molar-refractivity contribution in [3.8, 4) is 0 Å². The number of aryl methyl sites for hydroxylation is 1. The van der Waals surface area contributed by atoms with Crippen molar-refractivity contribution in [2.75, 3.05) is 31.1 Å². The third kappa shape index (κ3) is 5.54. The molecule has 0 N–H and O–H groups in total. The molecule has 2 aliphatic heterocycles. The van der Waals surface area contributed by atoms with Crippen molar-refractivity contribution in [3.05, 3.63) is 47.4 Å². The first-order valence-corrected chi connectivity index (χ1v) is 13.9. The second-order valence-electron chi connectivity index (χ2n) is 10.4. The van der Waals surface area contributed by atoms with Gasteiger partial charge in [-0.15, -0.1) is 0 Å². The average molecular weight is 498 g/mol. The Hall–Kier alpha value is -2.05. The maximum atomic E-state index is 12.2. The predicted molar refractivity (Wildman–Crippen MR) is 150 cm³/mol. The number of fused-ring (bicyclic) bond motifs is 1. The highest BCUT2D eigenvalue weighted by Gasteiger charge is 2.46. The van der Waals surface area contributed by atoms with Crippen molar-refractivity contribution < 1.29 is 9.53 Å². The van der Waals surface area contributed by atoms with E-state index in [9.17, 15) is 4.79 Å². The molecule has 0 bridgehead atoms. The number of aromatic nitrogens is 1. The van der Waals surface area contributed by atoms with Gasteiger partial charge >= 0.3 is 0 Å². The molecule has 2 aromatic rings. The summed E-state index contributed by atoms with van der Waals surface area (Å²) in [5.41, 5.74) is 3.68. The van der Waals surface area contributed by atoms with E-state index in [-0.39, 0.29) is 15.9 Å². The van der Waals surface area contributed by atoms with Gasteiger partial charge in [-0.25, -0.2) is 0 Å². The molecule has 1 saturated heterocycles. The molecular weight excluding hydrogens is 454 g/mol. The van der Waals surface area contributed by atoms with Gasteiger partial charge in [0.2, 0.25) is 5.12 Å². The van der Waals surface area contributed by atoms with Gasteiger partial charge in [-0.3, -0.25) is 14.7 Å². The summed E-state index contributed by atoms with van der Waals surface area (Å²) < 4.78 is 6.61. The Bertz CT molecular complexity index is 1090. The van der Waals surface area contributed by atoms with Crippen LogP contribution in [0.3, 0.4) is 0 Å². The number of ether oxygens (including phenoxy) is 1. The summed E-state index contributed by atoms with van der Waals surface area (Å²) in [6, 6.07) is 8.69. The van der Waals surface area contributed by atoms with Gasteiger partial charge in [0.1, 0.15) is 11.4 Å². The van der Waals surface area contributed by atoms with Gasteiger partial charge in [-0.2, -0.15) is 0 Å². The Labute approximate surface area is 216 Å². The molecule has 0 spiro atoms. The lowest BCUT2D eigenvalue weighted by atomic mass is 9.83. The van der Waals surface area contributed by atoms with Gasteiger partial charge in [-0.1, -0.05) is 37.7 Å². The normalized spacial score (nSPS) is 20.1. The first-order valence-electron chi connectivity index (χ1n) is 13.0. The van der Waals surface area contributed by atoms with Crippen LogP contribution in [0.5, 0.6) is 0 Å². The molecule has 3 heterocycles. The molecule has 1 unspecified atom stereocenters. The highest BCUT2D eigenvalue weighted by molar-refractivity contribution is 8.15. The van der Waals surface area contributed by atoms with E-state index in [2.05, 4.69) is 80.6 Å². The van der Waals surface area contributed by atoms with Gasteiger partial charge in [-0.05, 0) is 72.6 Å². The van der Waals surface area contributed by atoms with Gasteiger partial charge in [0, 0.05) is 49.0 Å². The van der Waals surface area contributed by atoms with Gasteiger partial charge in [0.05, 0.1) is 16.3 Å². The molecule has 0 aliphatic carbocycles. The molecule has 2 aliphatic rings. The number of carbonyl (C=O) groups excluding carboxylic acids is 1. The van der Waals surface area contributed by atoms with Gasteiger partial charge < -0.3 is 9.64 Å². The van der Waals surface area contributed by atoms with Crippen LogP contribution in [0.1, 0.15) is 67.4 Å². The number of carbonyl (C=O) groups is 1. The third-order valence-electron chi connectivity index (χ3n) is 7.67. The first kappa shape index (κ1) is 27.5. The molecule has 6 heteroatoms. The molecule has 0 saturated carbocycles. The SMILES string of the molecule is CC.CC1=C(OC(C)(C)C(C)(C)N2CCCN(c3ccnc4cc(C)ccc34)CC2)C(C)SC1=O. The minimum Gasteiger partial charge on any atom is -0.489 e. The molecule has 192 valence electrons. The van der Waals surface area contributed by atoms with E-state index >= 15 is 0 Å². The molecule has 35 heavy (non-hydrogen) atoms. The van der Waals surface area contributed by atoms with Crippen LogP contribution in [0.25, 0.3) is 10.9 Å². The van der Waals surface area contributed by atoms with E-state index < -0.39 is 5.60 Å². The van der Waals surface area contributed by atoms with E-state index in [1.54, 1.807) is 0 Å². The minimum atomic E-state index is -0.445. The largest absolute Gasteiger partial charge is 0.489 e. The number of hydrogen-bond donors (Lipinski definition) is 0. The Morgan fingerprint density at radius 3 is 2.40 bits per heavy atom. The zero-order valence-electron chi connectivity index (χ0n) is 23.1. The second-order valence-corrected chi connectivity index (χ2v) is 11.7. The third-order valence-corrected chi connectivity index (χ3v) is 8.76. The van der Waals surface area contributed by atoms with Crippen LogP contribution in [0.15, 0.2) is 41.8 Å². The molecule has 1 aromatic carbocycles. The average Bonchev–Trinajstić information content (AvgIpc) is 3.00. The van der Waals surface area contributed by atoms with Crippen LogP contribution in [0, 0.1) is 6.92 Å². The highest BCUT2D eigenvalue weighted by atomic mass is 32.2. The summed E-state index contributed by atoms with van der Waals surface area (Å²) >= 11 is 1.36. The number of pyridine rings is 1. The lowest BCUT2D eigenvalue weighted by molar-refractivity contribution is -0.108. The molecular formula is C29H43N3O2S. The maximum absolute atomic E-state index is 12.2. The van der Waals surface area contributed by atoms with Crippen LogP contribution >= 0.6 is 11.8 Å². The van der Waals surface area contributed by atoms with Gasteiger partial charge in [0.15, 0.2) is 0 Å². The summed E-state index contributed by atoms with van der Waals surface area (Å²) in [7, 11) is 0. The molecule has 0 radical (unpaired) electrons. The topological polar surface area (TPSA) is 45.7 Å². The summed E-state index contributed by atoms with van der Waals surface area (Å²) in [6.07, 6.45) is 3.01. The number of thioether (sulfide) groups is 1. The van der Waals surface area contributed by atoms with Crippen molar-refractivity contribution >= 4 is 33.5 Å². The van der Waals surface area contributed by atoms with Crippen molar-refractivity contribution in [2.24, 2.45) is 0 Å². The fourth-order valence-corrected chi connectivity index (χ4v) is 5.81. The standard InChI is InChI=1S/C27H37N3O2S.C2H6/c1-18-9-10-21-22(17-18)28-12-11-23(21)29-13-8-14-30(16-15-29)26(4,5)27(6,7)32-24-19(2)25(31)33-20(24)3;1-2/h9-12,17,20H,8,13-16H2,1-7H3;1-2H3. The summed E-state index contributed by atoms with van der Waals surface area (Å²) in [4.78, 5) is 21.8. The molecule has 5 nitrogen and oxygen atoms in total. The van der Waals surface area contributed by atoms with Crippen LogP contribution in [0.4, 0.5) is 5.69 Å². The zero-order chi connectivity index (χ0) is 26.0. The van der Waals surface area contributed by atoms with Crippen molar-refractivity contribution in [3.63, 3.8) is 0 Å². The lowest BCUT2D eigenvalue weighted by Gasteiger charge is -2.49. The van der Waals surface area contributed by atoms with E-state index in [0.29, 0.717) is 0 Å². The maximum Gasteiger partial charge on any atom is 0.219 e. The molecule has 0 amide bonds. The van der Waals surface area contributed by atoms with Crippen LogP contribution in [-0.2, 0) is 9.53 Å². The molecule has 4 rings (SSSR count). The Balaban J connectivity index is 0.00000167. The van der Waals surface area contributed by atoms with Crippen molar-refractivity contribution in [1.82, 2.24) is 9.88 Å². The smallest absolute Gasteiger partial charge is 0.219 e. The van der Waals surface area contributed by atoms with Crippen LogP contribution in [0.2, 0.25) is 0 Å². The number of hydrogen-bond acceptors (Lipinski definition) is 6. The Kier molecular flexibility index (Phi) is 8.59.